The molecule has 0 unspecified atom stereocenters. The third kappa shape index (κ3) is 3.02. The number of hydrogen-bond donors (Lipinski definition) is 0. The molecule has 0 saturated carbocycles. The standard InChI is InChI=1S/C11H10FNOS/c12-10-4-1-5-11(13-10)14-7-6-9-3-2-8-15-9/h1-5,8H,6-7H2. The van der Waals surface area contributed by atoms with Crippen LogP contribution in [0.1, 0.15) is 4.88 Å². The first kappa shape index (κ1) is 10.1. The summed E-state index contributed by atoms with van der Waals surface area (Å²) in [4.78, 5) is 4.86. The van der Waals surface area contributed by atoms with E-state index >= 15 is 0 Å². The van der Waals surface area contributed by atoms with Crippen molar-refractivity contribution in [3.8, 4) is 5.88 Å². The van der Waals surface area contributed by atoms with Crippen LogP contribution in [0.3, 0.4) is 0 Å². The normalized spacial score (nSPS) is 10.2. The van der Waals surface area contributed by atoms with Gasteiger partial charge in [0.25, 0.3) is 0 Å². The van der Waals surface area contributed by atoms with E-state index in [4.69, 9.17) is 4.74 Å². The van der Waals surface area contributed by atoms with Crippen LogP contribution in [-0.2, 0) is 6.42 Å². The van der Waals surface area contributed by atoms with Gasteiger partial charge in [0.05, 0.1) is 6.61 Å². The number of aromatic nitrogens is 1. The second-order valence-electron chi connectivity index (χ2n) is 2.98. The fraction of sp³-hybridized carbons (Fsp3) is 0.182. The lowest BCUT2D eigenvalue weighted by molar-refractivity contribution is 0.305. The Bertz CT molecular complexity index is 416. The van der Waals surface area contributed by atoms with Crippen molar-refractivity contribution in [3.05, 3.63) is 46.5 Å². The number of hydrogen-bond acceptors (Lipinski definition) is 3. The van der Waals surface area contributed by atoms with Crippen LogP contribution in [0.15, 0.2) is 35.7 Å². The number of ether oxygens (including phenoxy) is 1. The predicted molar refractivity (Wildman–Crippen MR) is 57.7 cm³/mol. The van der Waals surface area contributed by atoms with Gasteiger partial charge in [-0.25, -0.2) is 0 Å². The zero-order valence-corrected chi connectivity index (χ0v) is 8.84. The first-order chi connectivity index (χ1) is 7.34. The molecule has 0 radical (unpaired) electrons. The van der Waals surface area contributed by atoms with Gasteiger partial charge in [0.15, 0.2) is 0 Å². The molecule has 0 aliphatic heterocycles. The number of nitrogens with zero attached hydrogens (tertiary/aromatic N) is 1. The molecule has 0 fully saturated rings. The van der Waals surface area contributed by atoms with E-state index in [2.05, 4.69) is 4.98 Å². The first-order valence-corrected chi connectivity index (χ1v) is 5.50. The monoisotopic (exact) mass is 223 g/mol. The van der Waals surface area contributed by atoms with Crippen molar-refractivity contribution in [2.75, 3.05) is 6.61 Å². The Kier molecular flexibility index (Phi) is 3.29. The number of pyridine rings is 1. The molecule has 0 aromatic carbocycles. The van der Waals surface area contributed by atoms with Gasteiger partial charge in [-0.15, -0.1) is 11.3 Å². The van der Waals surface area contributed by atoms with Crippen molar-refractivity contribution in [3.63, 3.8) is 0 Å². The Balaban J connectivity index is 1.83. The highest BCUT2D eigenvalue weighted by Crippen LogP contribution is 2.11. The van der Waals surface area contributed by atoms with E-state index in [1.165, 1.54) is 10.9 Å². The van der Waals surface area contributed by atoms with E-state index < -0.39 is 5.95 Å². The summed E-state index contributed by atoms with van der Waals surface area (Å²) in [5.41, 5.74) is 0. The van der Waals surface area contributed by atoms with E-state index in [1.54, 1.807) is 23.5 Å². The Morgan fingerprint density at radius 2 is 2.20 bits per heavy atom. The van der Waals surface area contributed by atoms with Gasteiger partial charge in [0.1, 0.15) is 0 Å². The van der Waals surface area contributed by atoms with Gasteiger partial charge < -0.3 is 4.74 Å². The lowest BCUT2D eigenvalue weighted by Gasteiger charge is -2.03. The minimum Gasteiger partial charge on any atom is -0.477 e. The minimum absolute atomic E-state index is 0.339. The predicted octanol–water partition coefficient (Wildman–Crippen LogP) is 2.90. The molecule has 15 heavy (non-hydrogen) atoms. The molecule has 2 aromatic heterocycles. The van der Waals surface area contributed by atoms with Crippen LogP contribution in [0.5, 0.6) is 5.88 Å². The van der Waals surface area contributed by atoms with E-state index in [0.717, 1.165) is 6.42 Å². The summed E-state index contributed by atoms with van der Waals surface area (Å²) in [7, 11) is 0. The molecule has 0 aliphatic rings. The summed E-state index contributed by atoms with van der Waals surface area (Å²) in [5, 5.41) is 2.02. The van der Waals surface area contributed by atoms with Crippen LogP contribution in [0.4, 0.5) is 4.39 Å². The molecule has 2 rings (SSSR count). The fourth-order valence-electron chi connectivity index (χ4n) is 1.18. The van der Waals surface area contributed by atoms with Gasteiger partial charge in [-0.1, -0.05) is 12.1 Å². The maximum Gasteiger partial charge on any atom is 0.216 e. The Hall–Kier alpha value is -1.42. The average molecular weight is 223 g/mol. The Morgan fingerprint density at radius 1 is 1.27 bits per heavy atom. The largest absolute Gasteiger partial charge is 0.477 e. The molecule has 0 aliphatic carbocycles. The third-order valence-electron chi connectivity index (χ3n) is 1.87. The quantitative estimate of drug-likeness (QED) is 0.743. The molecule has 2 nitrogen and oxygen atoms in total. The average Bonchev–Trinajstić information content (AvgIpc) is 2.71. The number of thiophene rings is 1. The minimum atomic E-state index is -0.511. The van der Waals surface area contributed by atoms with Gasteiger partial charge in [-0.3, -0.25) is 0 Å². The van der Waals surface area contributed by atoms with Crippen molar-refractivity contribution in [1.82, 2.24) is 4.98 Å². The molecule has 0 amide bonds. The molecule has 0 spiro atoms. The Morgan fingerprint density at radius 3 is 2.93 bits per heavy atom. The second kappa shape index (κ2) is 4.89. The van der Waals surface area contributed by atoms with Crippen LogP contribution in [0.2, 0.25) is 0 Å². The summed E-state index contributed by atoms with van der Waals surface area (Å²) < 4.78 is 18.0. The summed E-state index contributed by atoms with van der Waals surface area (Å²) >= 11 is 1.69. The summed E-state index contributed by atoms with van der Waals surface area (Å²) in [5.74, 6) is -0.171. The molecule has 0 atom stereocenters. The van der Waals surface area contributed by atoms with Crippen LogP contribution >= 0.6 is 11.3 Å². The van der Waals surface area contributed by atoms with Crippen molar-refractivity contribution in [1.29, 1.82) is 0 Å². The molecule has 0 saturated heterocycles. The lowest BCUT2D eigenvalue weighted by Crippen LogP contribution is -2.01. The zero-order valence-electron chi connectivity index (χ0n) is 8.02. The summed E-state index contributed by atoms with van der Waals surface area (Å²) in [6.07, 6.45) is 0.829. The van der Waals surface area contributed by atoms with Gasteiger partial charge in [-0.05, 0) is 17.5 Å². The highest BCUT2D eigenvalue weighted by Gasteiger charge is 1.98. The maximum absolute atomic E-state index is 12.7. The molecule has 2 heterocycles. The van der Waals surface area contributed by atoms with E-state index in [0.29, 0.717) is 12.5 Å². The highest BCUT2D eigenvalue weighted by atomic mass is 32.1. The fourth-order valence-corrected chi connectivity index (χ4v) is 1.87. The second-order valence-corrected chi connectivity index (χ2v) is 4.01. The number of halogens is 1. The van der Waals surface area contributed by atoms with E-state index in [9.17, 15) is 4.39 Å². The highest BCUT2D eigenvalue weighted by molar-refractivity contribution is 7.09. The molecule has 78 valence electrons. The molecular weight excluding hydrogens is 213 g/mol. The Labute approximate surface area is 91.4 Å². The van der Waals surface area contributed by atoms with Crippen LogP contribution in [0.25, 0.3) is 0 Å². The molecule has 4 heteroatoms. The first-order valence-electron chi connectivity index (χ1n) is 4.62. The molecule has 0 N–H and O–H groups in total. The van der Waals surface area contributed by atoms with Crippen molar-refractivity contribution < 1.29 is 9.13 Å². The van der Waals surface area contributed by atoms with Crippen LogP contribution in [0, 0.1) is 5.95 Å². The van der Waals surface area contributed by atoms with Gasteiger partial charge in [0, 0.05) is 17.4 Å². The van der Waals surface area contributed by atoms with Gasteiger partial charge in [0.2, 0.25) is 11.8 Å². The van der Waals surface area contributed by atoms with Crippen molar-refractivity contribution in [2.24, 2.45) is 0 Å². The summed E-state index contributed by atoms with van der Waals surface area (Å²) in [6, 6.07) is 8.58. The topological polar surface area (TPSA) is 22.1 Å². The number of rotatable bonds is 4. The van der Waals surface area contributed by atoms with Crippen LogP contribution < -0.4 is 4.74 Å². The SMILES string of the molecule is Fc1cccc(OCCc2cccs2)n1. The maximum atomic E-state index is 12.7. The van der Waals surface area contributed by atoms with Gasteiger partial charge >= 0.3 is 0 Å². The van der Waals surface area contributed by atoms with Gasteiger partial charge in [-0.2, -0.15) is 9.37 Å². The molecule has 2 aromatic rings. The van der Waals surface area contributed by atoms with Crippen molar-refractivity contribution >= 4 is 11.3 Å². The van der Waals surface area contributed by atoms with Crippen LogP contribution in [-0.4, -0.2) is 11.6 Å². The summed E-state index contributed by atoms with van der Waals surface area (Å²) in [6.45, 7) is 0.525. The van der Waals surface area contributed by atoms with E-state index in [1.807, 2.05) is 17.5 Å². The molecular formula is C11H10FNOS. The zero-order chi connectivity index (χ0) is 10.5. The third-order valence-corrected chi connectivity index (χ3v) is 2.80. The smallest absolute Gasteiger partial charge is 0.216 e. The molecule has 0 bridgehead atoms. The van der Waals surface area contributed by atoms with Crippen molar-refractivity contribution in [2.45, 2.75) is 6.42 Å². The lowest BCUT2D eigenvalue weighted by atomic mass is 10.4. The van der Waals surface area contributed by atoms with E-state index in [-0.39, 0.29) is 0 Å².